The molecule has 5 heteroatoms. The summed E-state index contributed by atoms with van der Waals surface area (Å²) >= 11 is 0. The minimum atomic E-state index is -0.914. The average Bonchev–Trinajstić information content (AvgIpc) is 2.49. The van der Waals surface area contributed by atoms with Crippen molar-refractivity contribution >= 4 is 11.9 Å². The van der Waals surface area contributed by atoms with Crippen LogP contribution < -0.4 is 4.74 Å². The first kappa shape index (κ1) is 15.4. The highest BCUT2D eigenvalue weighted by Crippen LogP contribution is 2.18. The van der Waals surface area contributed by atoms with E-state index in [1.165, 1.54) is 4.90 Å². The quantitative estimate of drug-likeness (QED) is 0.903. The van der Waals surface area contributed by atoms with Gasteiger partial charge < -0.3 is 14.7 Å². The van der Waals surface area contributed by atoms with Crippen molar-refractivity contribution in [3.63, 3.8) is 0 Å². The summed E-state index contributed by atoms with van der Waals surface area (Å²) in [6.45, 7) is 2.79. The summed E-state index contributed by atoms with van der Waals surface area (Å²) in [7, 11) is 0. The van der Waals surface area contributed by atoms with Crippen molar-refractivity contribution in [1.82, 2.24) is 4.90 Å². The van der Waals surface area contributed by atoms with Crippen LogP contribution in [0.4, 0.5) is 0 Å². The number of carboxylic acids is 1. The first-order chi connectivity index (χ1) is 10.1. The second kappa shape index (κ2) is 7.11. The van der Waals surface area contributed by atoms with Gasteiger partial charge >= 0.3 is 5.97 Å². The van der Waals surface area contributed by atoms with E-state index in [4.69, 9.17) is 9.84 Å². The molecule has 1 N–H and O–H groups in total. The first-order valence-electron chi connectivity index (χ1n) is 7.29. The van der Waals surface area contributed by atoms with E-state index < -0.39 is 12.0 Å². The Hall–Kier alpha value is -2.04. The average molecular weight is 291 g/mol. The normalized spacial score (nSPS) is 18.3. The number of rotatable bonds is 5. The standard InChI is InChI=1S/C16H21NO4/c1-12-5-7-13(8-6-12)21-11-9-15(18)17-10-3-2-4-14(17)16(19)20/h5-8,14H,2-4,9-11H2,1H3,(H,19,20)/t14-/m0/s1. The van der Waals surface area contributed by atoms with Gasteiger partial charge in [-0.2, -0.15) is 0 Å². The number of likely N-dealkylation sites (tertiary alicyclic amines) is 1. The predicted octanol–water partition coefficient (Wildman–Crippen LogP) is 2.23. The molecule has 1 amide bonds. The Morgan fingerprint density at radius 1 is 1.29 bits per heavy atom. The third-order valence-electron chi connectivity index (χ3n) is 3.71. The zero-order valence-corrected chi connectivity index (χ0v) is 12.2. The van der Waals surface area contributed by atoms with Crippen molar-refractivity contribution in [2.24, 2.45) is 0 Å². The third-order valence-corrected chi connectivity index (χ3v) is 3.71. The van der Waals surface area contributed by atoms with Crippen molar-refractivity contribution < 1.29 is 19.4 Å². The molecule has 1 saturated heterocycles. The molecule has 0 aromatic heterocycles. The maximum Gasteiger partial charge on any atom is 0.326 e. The van der Waals surface area contributed by atoms with Gasteiger partial charge in [-0.05, 0) is 38.3 Å². The SMILES string of the molecule is Cc1ccc(OCCC(=O)N2CCCC[C@H]2C(=O)O)cc1. The van der Waals surface area contributed by atoms with Gasteiger partial charge in [-0.25, -0.2) is 4.79 Å². The number of aryl methyl sites for hydroxylation is 1. The molecule has 114 valence electrons. The van der Waals surface area contributed by atoms with Crippen LogP contribution in [0.5, 0.6) is 5.75 Å². The number of carbonyl (C=O) groups is 2. The van der Waals surface area contributed by atoms with Gasteiger partial charge in [0.1, 0.15) is 11.8 Å². The van der Waals surface area contributed by atoms with E-state index in [1.54, 1.807) is 0 Å². The number of amides is 1. The first-order valence-corrected chi connectivity index (χ1v) is 7.29. The molecule has 1 heterocycles. The van der Waals surface area contributed by atoms with Gasteiger partial charge in [0.2, 0.25) is 5.91 Å². The monoisotopic (exact) mass is 291 g/mol. The van der Waals surface area contributed by atoms with Crippen LogP contribution in [0.2, 0.25) is 0 Å². The maximum atomic E-state index is 12.1. The highest BCUT2D eigenvalue weighted by atomic mass is 16.5. The molecule has 1 atom stereocenters. The Balaban J connectivity index is 1.83. The number of carbonyl (C=O) groups excluding carboxylic acids is 1. The molecule has 0 spiro atoms. The van der Waals surface area contributed by atoms with Crippen molar-refractivity contribution in [3.05, 3.63) is 29.8 Å². The lowest BCUT2D eigenvalue weighted by Crippen LogP contribution is -2.48. The Morgan fingerprint density at radius 2 is 2.00 bits per heavy atom. The van der Waals surface area contributed by atoms with Crippen LogP contribution in [0.3, 0.4) is 0 Å². The van der Waals surface area contributed by atoms with Gasteiger partial charge in [-0.1, -0.05) is 17.7 Å². The number of aliphatic carboxylic acids is 1. The van der Waals surface area contributed by atoms with Crippen molar-refractivity contribution in [2.75, 3.05) is 13.2 Å². The fraction of sp³-hybridized carbons (Fsp3) is 0.500. The van der Waals surface area contributed by atoms with Crippen molar-refractivity contribution in [1.29, 1.82) is 0 Å². The molecule has 0 radical (unpaired) electrons. The Labute approximate surface area is 124 Å². The predicted molar refractivity (Wildman–Crippen MR) is 78.3 cm³/mol. The van der Waals surface area contributed by atoms with Gasteiger partial charge in [0.05, 0.1) is 13.0 Å². The molecule has 0 aliphatic carbocycles. The van der Waals surface area contributed by atoms with E-state index >= 15 is 0 Å². The zero-order chi connectivity index (χ0) is 15.2. The molecule has 1 aliphatic rings. The van der Waals surface area contributed by atoms with Crippen molar-refractivity contribution in [3.8, 4) is 5.75 Å². The minimum Gasteiger partial charge on any atom is -0.493 e. The van der Waals surface area contributed by atoms with Gasteiger partial charge in [-0.3, -0.25) is 4.79 Å². The molecule has 1 aliphatic heterocycles. The highest BCUT2D eigenvalue weighted by Gasteiger charge is 2.31. The molecule has 0 unspecified atom stereocenters. The molecule has 5 nitrogen and oxygen atoms in total. The lowest BCUT2D eigenvalue weighted by Gasteiger charge is -2.33. The topological polar surface area (TPSA) is 66.8 Å². The van der Waals surface area contributed by atoms with Gasteiger partial charge in [-0.15, -0.1) is 0 Å². The number of nitrogens with zero attached hydrogens (tertiary/aromatic N) is 1. The minimum absolute atomic E-state index is 0.144. The van der Waals surface area contributed by atoms with Crippen LogP contribution in [0.25, 0.3) is 0 Å². The molecule has 0 saturated carbocycles. The van der Waals surface area contributed by atoms with Crippen LogP contribution in [0.15, 0.2) is 24.3 Å². The maximum absolute atomic E-state index is 12.1. The van der Waals surface area contributed by atoms with Crippen LogP contribution in [-0.4, -0.2) is 41.1 Å². The second-order valence-electron chi connectivity index (χ2n) is 5.35. The molecule has 0 bridgehead atoms. The molecular weight excluding hydrogens is 270 g/mol. The van der Waals surface area contributed by atoms with Crippen LogP contribution in [0.1, 0.15) is 31.2 Å². The number of benzene rings is 1. The molecule has 1 aromatic carbocycles. The zero-order valence-electron chi connectivity index (χ0n) is 12.2. The van der Waals surface area contributed by atoms with Gasteiger partial charge in [0, 0.05) is 6.54 Å². The smallest absolute Gasteiger partial charge is 0.326 e. The fourth-order valence-corrected chi connectivity index (χ4v) is 2.52. The highest BCUT2D eigenvalue weighted by molar-refractivity contribution is 5.83. The second-order valence-corrected chi connectivity index (χ2v) is 5.35. The van der Waals surface area contributed by atoms with Crippen LogP contribution >= 0.6 is 0 Å². The van der Waals surface area contributed by atoms with Crippen LogP contribution in [0, 0.1) is 6.92 Å². The molecular formula is C16H21NO4. The summed E-state index contributed by atoms with van der Waals surface area (Å²) < 4.78 is 5.52. The van der Waals surface area contributed by atoms with Gasteiger partial charge in [0.15, 0.2) is 0 Å². The Bertz CT molecular complexity index is 498. The lowest BCUT2D eigenvalue weighted by molar-refractivity contribution is -0.152. The Morgan fingerprint density at radius 3 is 2.67 bits per heavy atom. The number of piperidine rings is 1. The number of ether oxygens (including phenoxy) is 1. The van der Waals surface area contributed by atoms with Crippen LogP contribution in [-0.2, 0) is 9.59 Å². The number of hydrogen-bond acceptors (Lipinski definition) is 3. The van der Waals surface area contributed by atoms with E-state index in [9.17, 15) is 9.59 Å². The fourth-order valence-electron chi connectivity index (χ4n) is 2.52. The summed E-state index contributed by atoms with van der Waals surface area (Å²) in [6, 6.07) is 6.94. The third kappa shape index (κ3) is 4.21. The summed E-state index contributed by atoms with van der Waals surface area (Å²) in [5.74, 6) is -0.335. The molecule has 2 rings (SSSR count). The van der Waals surface area contributed by atoms with E-state index in [0.29, 0.717) is 13.0 Å². The summed E-state index contributed by atoms with van der Waals surface area (Å²) in [5.41, 5.74) is 1.15. The number of carboxylic acid groups (broad SMARTS) is 1. The molecule has 21 heavy (non-hydrogen) atoms. The largest absolute Gasteiger partial charge is 0.493 e. The van der Waals surface area contributed by atoms with E-state index in [1.807, 2.05) is 31.2 Å². The van der Waals surface area contributed by atoms with E-state index in [-0.39, 0.29) is 18.9 Å². The molecule has 1 aromatic rings. The van der Waals surface area contributed by atoms with E-state index in [0.717, 1.165) is 24.2 Å². The summed E-state index contributed by atoms with van der Waals surface area (Å²) in [4.78, 5) is 24.8. The van der Waals surface area contributed by atoms with E-state index in [2.05, 4.69) is 0 Å². The summed E-state index contributed by atoms with van der Waals surface area (Å²) in [6.07, 6.45) is 2.48. The molecule has 1 fully saturated rings. The number of hydrogen-bond donors (Lipinski definition) is 1. The Kier molecular flexibility index (Phi) is 5.20. The van der Waals surface area contributed by atoms with Gasteiger partial charge in [0.25, 0.3) is 0 Å². The van der Waals surface area contributed by atoms with Crippen molar-refractivity contribution in [2.45, 2.75) is 38.6 Å². The lowest BCUT2D eigenvalue weighted by atomic mass is 10.0. The summed E-state index contributed by atoms with van der Waals surface area (Å²) in [5, 5.41) is 9.16.